The Labute approximate surface area is 145 Å². The van der Waals surface area contributed by atoms with Gasteiger partial charge in [0.15, 0.2) is 5.96 Å². The van der Waals surface area contributed by atoms with Gasteiger partial charge in [-0.05, 0) is 25.3 Å². The highest BCUT2D eigenvalue weighted by Gasteiger charge is 2.58. The molecule has 24 heavy (non-hydrogen) atoms. The van der Waals surface area contributed by atoms with Crippen LogP contribution in [0.4, 0.5) is 0 Å². The van der Waals surface area contributed by atoms with E-state index in [0.717, 1.165) is 31.9 Å². The third-order valence-electron chi connectivity index (χ3n) is 6.48. The second-order valence-electron chi connectivity index (χ2n) is 7.98. The smallest absolute Gasteiger partial charge is 0.193 e. The van der Waals surface area contributed by atoms with Crippen molar-refractivity contribution in [2.24, 2.45) is 17.5 Å². The van der Waals surface area contributed by atoms with Gasteiger partial charge in [-0.2, -0.15) is 5.10 Å². The maximum absolute atomic E-state index is 5.73. The predicted octanol–water partition coefficient (Wildman–Crippen LogP) is 1.99. The summed E-state index contributed by atoms with van der Waals surface area (Å²) in [6.45, 7) is 8.77. The Bertz CT molecular complexity index is 623. The summed E-state index contributed by atoms with van der Waals surface area (Å²) in [4.78, 5) is 6.91. The molecule has 1 saturated heterocycles. The SMILES string of the molecule is CN=C(NC1CC(C)(OC)C1(C)C)N1CCC(c2cnn(C)c2)C1. The van der Waals surface area contributed by atoms with Crippen molar-refractivity contribution >= 4 is 5.96 Å². The van der Waals surface area contributed by atoms with E-state index in [4.69, 9.17) is 4.74 Å². The molecule has 6 heteroatoms. The topological polar surface area (TPSA) is 54.7 Å². The molecule has 6 nitrogen and oxygen atoms in total. The molecular formula is C18H31N5O. The van der Waals surface area contributed by atoms with Gasteiger partial charge in [0.25, 0.3) is 0 Å². The largest absolute Gasteiger partial charge is 0.378 e. The number of aryl methyl sites for hydroxylation is 1. The Morgan fingerprint density at radius 2 is 2.17 bits per heavy atom. The van der Waals surface area contributed by atoms with Gasteiger partial charge in [0.2, 0.25) is 0 Å². The Balaban J connectivity index is 1.62. The van der Waals surface area contributed by atoms with Gasteiger partial charge < -0.3 is 15.0 Å². The molecule has 1 aliphatic heterocycles. The fraction of sp³-hybridized carbons (Fsp3) is 0.778. The summed E-state index contributed by atoms with van der Waals surface area (Å²) in [6, 6.07) is 0.388. The van der Waals surface area contributed by atoms with Crippen LogP contribution in [0.25, 0.3) is 0 Å². The van der Waals surface area contributed by atoms with E-state index in [0.29, 0.717) is 12.0 Å². The summed E-state index contributed by atoms with van der Waals surface area (Å²) in [5, 5.41) is 7.98. The van der Waals surface area contributed by atoms with Crippen LogP contribution in [0.3, 0.4) is 0 Å². The zero-order valence-corrected chi connectivity index (χ0v) is 15.8. The first-order chi connectivity index (χ1) is 11.3. The standard InChI is InChI=1S/C18H31N5O/c1-17(2)15(9-18(17,3)24-6)21-16(19-4)23-8-7-13(12-23)14-10-20-22(5)11-14/h10-11,13,15H,7-9,12H2,1-6H3,(H,19,21). The van der Waals surface area contributed by atoms with E-state index in [9.17, 15) is 0 Å². The molecule has 1 aromatic heterocycles. The van der Waals surface area contributed by atoms with Crippen molar-refractivity contribution in [1.29, 1.82) is 0 Å². The Hall–Kier alpha value is -1.56. The van der Waals surface area contributed by atoms with Gasteiger partial charge >= 0.3 is 0 Å². The lowest BCUT2D eigenvalue weighted by Crippen LogP contribution is -2.69. The number of methoxy groups -OCH3 is 1. The minimum absolute atomic E-state index is 0.0627. The zero-order chi connectivity index (χ0) is 17.5. The van der Waals surface area contributed by atoms with Gasteiger partial charge in [0.05, 0.1) is 11.8 Å². The van der Waals surface area contributed by atoms with Crippen molar-refractivity contribution in [1.82, 2.24) is 20.0 Å². The lowest BCUT2D eigenvalue weighted by Gasteiger charge is -2.59. The van der Waals surface area contributed by atoms with Gasteiger partial charge in [-0.3, -0.25) is 9.67 Å². The summed E-state index contributed by atoms with van der Waals surface area (Å²) in [5.41, 5.74) is 1.35. The second kappa shape index (κ2) is 6.06. The number of aliphatic imine (C=N–C) groups is 1. The average Bonchev–Trinajstić information content (AvgIpc) is 3.19. The molecule has 1 N–H and O–H groups in total. The van der Waals surface area contributed by atoms with E-state index < -0.39 is 0 Å². The van der Waals surface area contributed by atoms with Gasteiger partial charge in [0.1, 0.15) is 0 Å². The lowest BCUT2D eigenvalue weighted by molar-refractivity contribution is -0.176. The number of rotatable bonds is 3. The minimum Gasteiger partial charge on any atom is -0.378 e. The van der Waals surface area contributed by atoms with E-state index in [2.05, 4.69) is 47.3 Å². The third-order valence-corrected chi connectivity index (χ3v) is 6.48. The first kappa shape index (κ1) is 17.3. The fourth-order valence-electron chi connectivity index (χ4n) is 4.05. The maximum atomic E-state index is 5.73. The minimum atomic E-state index is -0.0627. The van der Waals surface area contributed by atoms with Crippen LogP contribution in [0.15, 0.2) is 17.4 Å². The van der Waals surface area contributed by atoms with Gasteiger partial charge in [0, 0.05) is 57.9 Å². The number of guanidine groups is 1. The molecule has 1 aromatic rings. The van der Waals surface area contributed by atoms with E-state index >= 15 is 0 Å². The molecule has 0 radical (unpaired) electrons. The molecule has 134 valence electrons. The molecule has 2 fully saturated rings. The molecule has 0 bridgehead atoms. The number of likely N-dealkylation sites (tertiary alicyclic amines) is 1. The Morgan fingerprint density at radius 1 is 1.42 bits per heavy atom. The fourth-order valence-corrected chi connectivity index (χ4v) is 4.05. The third kappa shape index (κ3) is 2.70. The van der Waals surface area contributed by atoms with Crippen molar-refractivity contribution in [3.8, 4) is 0 Å². The van der Waals surface area contributed by atoms with E-state index in [1.165, 1.54) is 5.56 Å². The molecule has 0 spiro atoms. The predicted molar refractivity (Wildman–Crippen MR) is 96.2 cm³/mol. The number of ether oxygens (including phenoxy) is 1. The second-order valence-corrected chi connectivity index (χ2v) is 7.98. The van der Waals surface area contributed by atoms with E-state index in [1.54, 1.807) is 0 Å². The zero-order valence-electron chi connectivity index (χ0n) is 15.8. The summed E-state index contributed by atoms with van der Waals surface area (Å²) >= 11 is 0. The van der Waals surface area contributed by atoms with Gasteiger partial charge in [-0.25, -0.2) is 0 Å². The molecule has 0 aromatic carbocycles. The average molecular weight is 333 g/mol. The molecular weight excluding hydrogens is 302 g/mol. The molecule has 1 aliphatic carbocycles. The normalized spacial score (nSPS) is 32.8. The van der Waals surface area contributed by atoms with Crippen LogP contribution in [-0.2, 0) is 11.8 Å². The van der Waals surface area contributed by atoms with Crippen LogP contribution < -0.4 is 5.32 Å². The van der Waals surface area contributed by atoms with Gasteiger partial charge in [-0.15, -0.1) is 0 Å². The first-order valence-corrected chi connectivity index (χ1v) is 8.82. The highest BCUT2D eigenvalue weighted by Crippen LogP contribution is 2.51. The molecule has 2 heterocycles. The number of nitrogens with zero attached hydrogens (tertiary/aromatic N) is 4. The summed E-state index contributed by atoms with van der Waals surface area (Å²) in [6.07, 6.45) is 6.28. The molecule has 0 amide bonds. The first-order valence-electron chi connectivity index (χ1n) is 8.82. The monoisotopic (exact) mass is 333 g/mol. The molecule has 3 rings (SSSR count). The van der Waals surface area contributed by atoms with Crippen LogP contribution in [0.2, 0.25) is 0 Å². The molecule has 3 unspecified atom stereocenters. The van der Waals surface area contributed by atoms with E-state index in [-0.39, 0.29) is 11.0 Å². The van der Waals surface area contributed by atoms with Crippen molar-refractivity contribution < 1.29 is 4.74 Å². The van der Waals surface area contributed by atoms with Crippen molar-refractivity contribution in [2.45, 2.75) is 51.2 Å². The van der Waals surface area contributed by atoms with Crippen LogP contribution in [0.5, 0.6) is 0 Å². The summed E-state index contributed by atoms with van der Waals surface area (Å²) < 4.78 is 7.62. The van der Waals surface area contributed by atoms with Crippen LogP contribution >= 0.6 is 0 Å². The molecule has 1 saturated carbocycles. The van der Waals surface area contributed by atoms with Crippen LogP contribution in [-0.4, -0.2) is 59.5 Å². The van der Waals surface area contributed by atoms with Crippen LogP contribution in [0.1, 0.15) is 45.1 Å². The number of hydrogen-bond donors (Lipinski definition) is 1. The van der Waals surface area contributed by atoms with E-state index in [1.807, 2.05) is 32.1 Å². The Morgan fingerprint density at radius 3 is 2.71 bits per heavy atom. The number of aromatic nitrogens is 2. The Kier molecular flexibility index (Phi) is 4.36. The van der Waals surface area contributed by atoms with Crippen molar-refractivity contribution in [3.63, 3.8) is 0 Å². The molecule has 2 aliphatic rings. The highest BCUT2D eigenvalue weighted by molar-refractivity contribution is 5.81. The van der Waals surface area contributed by atoms with Gasteiger partial charge in [-0.1, -0.05) is 13.8 Å². The lowest BCUT2D eigenvalue weighted by atomic mass is 9.56. The number of hydrogen-bond acceptors (Lipinski definition) is 3. The highest BCUT2D eigenvalue weighted by atomic mass is 16.5. The van der Waals surface area contributed by atoms with Crippen LogP contribution in [0, 0.1) is 5.41 Å². The van der Waals surface area contributed by atoms with Crippen molar-refractivity contribution in [2.75, 3.05) is 27.2 Å². The summed E-state index contributed by atoms with van der Waals surface area (Å²) in [7, 11) is 5.66. The summed E-state index contributed by atoms with van der Waals surface area (Å²) in [5.74, 6) is 1.55. The number of nitrogens with one attached hydrogen (secondary N) is 1. The molecule has 3 atom stereocenters. The van der Waals surface area contributed by atoms with Crippen molar-refractivity contribution in [3.05, 3.63) is 18.0 Å². The quantitative estimate of drug-likeness (QED) is 0.679. The maximum Gasteiger partial charge on any atom is 0.193 e.